The Balaban J connectivity index is 2.08. The number of hydrogen-bond acceptors (Lipinski definition) is 7. The molecule has 2 aromatic carbocycles. The lowest BCUT2D eigenvalue weighted by Crippen LogP contribution is -2.35. The highest BCUT2D eigenvalue weighted by molar-refractivity contribution is 6.46. The van der Waals surface area contributed by atoms with Crippen LogP contribution in [-0.4, -0.2) is 66.9 Å². The number of carbonyl (C=O) groups is 3. The molecule has 0 aliphatic carbocycles. The van der Waals surface area contributed by atoms with E-state index in [0.717, 1.165) is 0 Å². The number of methoxy groups -OCH3 is 1. The molecule has 8 heteroatoms. The number of aliphatic hydroxyl groups is 1. The predicted molar refractivity (Wildman–Crippen MR) is 118 cm³/mol. The average Bonchev–Trinajstić information content (AvgIpc) is 3.02. The van der Waals surface area contributed by atoms with E-state index in [1.54, 1.807) is 48.5 Å². The minimum absolute atomic E-state index is 0.0131. The van der Waals surface area contributed by atoms with Crippen molar-refractivity contribution < 1.29 is 29.0 Å². The Morgan fingerprint density at radius 3 is 2.16 bits per heavy atom. The number of aliphatic hydroxyl groups excluding tert-OH is 1. The van der Waals surface area contributed by atoms with Crippen molar-refractivity contribution in [3.05, 3.63) is 65.2 Å². The molecule has 1 aliphatic heterocycles. The van der Waals surface area contributed by atoms with Crippen LogP contribution in [0, 0.1) is 0 Å². The van der Waals surface area contributed by atoms with Gasteiger partial charge in [-0.25, -0.2) is 0 Å². The normalized spacial score (nSPS) is 17.7. The molecule has 1 aliphatic rings. The highest BCUT2D eigenvalue weighted by atomic mass is 16.5. The zero-order valence-corrected chi connectivity index (χ0v) is 18.5. The van der Waals surface area contributed by atoms with Gasteiger partial charge in [-0.1, -0.05) is 12.1 Å². The fourth-order valence-corrected chi connectivity index (χ4v) is 3.55. The molecule has 1 atom stereocenters. The van der Waals surface area contributed by atoms with Gasteiger partial charge in [0.25, 0.3) is 11.7 Å². The van der Waals surface area contributed by atoms with E-state index in [-0.39, 0.29) is 11.3 Å². The SMILES string of the molecule is COc1ccc(/C(O)=C2/C(=O)C(=O)N(CCN(C)C)C2c2ccc(OC(C)=O)cc2)cc1. The van der Waals surface area contributed by atoms with Crippen LogP contribution < -0.4 is 9.47 Å². The van der Waals surface area contributed by atoms with Crippen LogP contribution in [0.15, 0.2) is 54.1 Å². The van der Waals surface area contributed by atoms with Crippen molar-refractivity contribution in [1.82, 2.24) is 9.80 Å². The minimum atomic E-state index is -0.775. The molecule has 0 bridgehead atoms. The number of hydrogen-bond donors (Lipinski definition) is 1. The van der Waals surface area contributed by atoms with Gasteiger partial charge in [-0.15, -0.1) is 0 Å². The van der Waals surface area contributed by atoms with Gasteiger partial charge in [-0.05, 0) is 56.1 Å². The quantitative estimate of drug-likeness (QED) is 0.233. The van der Waals surface area contributed by atoms with Crippen molar-refractivity contribution in [3.63, 3.8) is 0 Å². The molecular formula is C24H26N2O6. The summed E-state index contributed by atoms with van der Waals surface area (Å²) in [6.45, 7) is 2.14. The first kappa shape index (κ1) is 23.0. The number of ether oxygens (including phenoxy) is 2. The summed E-state index contributed by atoms with van der Waals surface area (Å²) in [4.78, 5) is 40.4. The molecule has 1 unspecified atom stereocenters. The molecule has 8 nitrogen and oxygen atoms in total. The van der Waals surface area contributed by atoms with E-state index in [1.807, 2.05) is 19.0 Å². The summed E-state index contributed by atoms with van der Waals surface area (Å²) in [6.07, 6.45) is 0. The number of Topliss-reactive ketones (excluding diaryl/α,β-unsaturated/α-hetero) is 1. The van der Waals surface area contributed by atoms with E-state index in [0.29, 0.717) is 35.7 Å². The van der Waals surface area contributed by atoms with E-state index in [4.69, 9.17) is 9.47 Å². The smallest absolute Gasteiger partial charge is 0.308 e. The van der Waals surface area contributed by atoms with E-state index >= 15 is 0 Å². The van der Waals surface area contributed by atoms with Crippen molar-refractivity contribution in [2.75, 3.05) is 34.3 Å². The van der Waals surface area contributed by atoms with Crippen LogP contribution in [0.2, 0.25) is 0 Å². The Bertz CT molecular complexity index is 1040. The van der Waals surface area contributed by atoms with E-state index in [2.05, 4.69) is 0 Å². The molecular weight excluding hydrogens is 412 g/mol. The number of benzene rings is 2. The summed E-state index contributed by atoms with van der Waals surface area (Å²) < 4.78 is 10.2. The summed E-state index contributed by atoms with van der Waals surface area (Å²) >= 11 is 0. The molecule has 1 saturated heterocycles. The van der Waals surface area contributed by atoms with Gasteiger partial charge in [0.05, 0.1) is 18.7 Å². The van der Waals surface area contributed by atoms with Crippen LogP contribution in [0.4, 0.5) is 0 Å². The van der Waals surface area contributed by atoms with Gasteiger partial charge in [-0.2, -0.15) is 0 Å². The third-order valence-corrected chi connectivity index (χ3v) is 5.15. The van der Waals surface area contributed by atoms with Crippen molar-refractivity contribution in [2.45, 2.75) is 13.0 Å². The maximum Gasteiger partial charge on any atom is 0.308 e. The van der Waals surface area contributed by atoms with Crippen LogP contribution in [0.3, 0.4) is 0 Å². The number of nitrogens with zero attached hydrogens (tertiary/aromatic N) is 2. The van der Waals surface area contributed by atoms with Crippen molar-refractivity contribution >= 4 is 23.4 Å². The zero-order valence-electron chi connectivity index (χ0n) is 18.5. The third-order valence-electron chi connectivity index (χ3n) is 5.15. The minimum Gasteiger partial charge on any atom is -0.507 e. The molecule has 1 heterocycles. The van der Waals surface area contributed by atoms with E-state index in [9.17, 15) is 19.5 Å². The van der Waals surface area contributed by atoms with E-state index < -0.39 is 23.7 Å². The van der Waals surface area contributed by atoms with Gasteiger partial charge in [0, 0.05) is 25.6 Å². The maximum absolute atomic E-state index is 13.0. The Kier molecular flexibility index (Phi) is 6.95. The third kappa shape index (κ3) is 4.81. The number of likely N-dealkylation sites (N-methyl/N-ethyl adjacent to an activating group) is 1. The Morgan fingerprint density at radius 1 is 1.03 bits per heavy atom. The first-order valence-corrected chi connectivity index (χ1v) is 10.1. The molecule has 32 heavy (non-hydrogen) atoms. The molecule has 0 aromatic heterocycles. The van der Waals surface area contributed by atoms with Gasteiger partial charge in [0.2, 0.25) is 0 Å². The first-order chi connectivity index (χ1) is 15.2. The molecule has 3 rings (SSSR count). The predicted octanol–water partition coefficient (Wildman–Crippen LogP) is 2.60. The molecule has 1 amide bonds. The zero-order chi connectivity index (χ0) is 23.4. The van der Waals surface area contributed by atoms with Crippen LogP contribution in [0.1, 0.15) is 24.1 Å². The number of esters is 1. The highest BCUT2D eigenvalue weighted by Gasteiger charge is 2.45. The van der Waals surface area contributed by atoms with Gasteiger partial charge >= 0.3 is 5.97 Å². The lowest BCUT2D eigenvalue weighted by molar-refractivity contribution is -0.140. The van der Waals surface area contributed by atoms with Crippen molar-refractivity contribution in [1.29, 1.82) is 0 Å². The topological polar surface area (TPSA) is 96.4 Å². The molecule has 2 aromatic rings. The first-order valence-electron chi connectivity index (χ1n) is 10.1. The fourth-order valence-electron chi connectivity index (χ4n) is 3.55. The van der Waals surface area contributed by atoms with E-state index in [1.165, 1.54) is 18.9 Å². The lowest BCUT2D eigenvalue weighted by atomic mass is 9.95. The van der Waals surface area contributed by atoms with Gasteiger partial charge in [0.15, 0.2) is 0 Å². The number of amides is 1. The summed E-state index contributed by atoms with van der Waals surface area (Å²) in [5.41, 5.74) is 1.03. The average molecular weight is 438 g/mol. The van der Waals surface area contributed by atoms with Crippen molar-refractivity contribution in [2.24, 2.45) is 0 Å². The Hall–Kier alpha value is -3.65. The van der Waals surface area contributed by atoms with Gasteiger partial charge < -0.3 is 24.4 Å². The summed E-state index contributed by atoms with van der Waals surface area (Å²) in [5.74, 6) is -1.17. The summed E-state index contributed by atoms with van der Waals surface area (Å²) in [5, 5.41) is 11.0. The standard InChI is InChI=1S/C24H26N2O6/c1-15(27)32-19-11-5-16(6-12-19)21-20(22(28)17-7-9-18(31-4)10-8-17)23(29)24(30)26(21)14-13-25(2)3/h5-12,21,28H,13-14H2,1-4H3/b22-20-. The summed E-state index contributed by atoms with van der Waals surface area (Å²) in [6, 6.07) is 12.4. The van der Waals surface area contributed by atoms with Crippen LogP contribution >= 0.6 is 0 Å². The molecule has 1 N–H and O–H groups in total. The molecule has 0 radical (unpaired) electrons. The number of ketones is 1. The maximum atomic E-state index is 13.0. The molecule has 168 valence electrons. The van der Waals surface area contributed by atoms with Gasteiger partial charge in [-0.3, -0.25) is 14.4 Å². The van der Waals surface area contributed by atoms with Crippen LogP contribution in [0.25, 0.3) is 5.76 Å². The number of rotatable bonds is 7. The Morgan fingerprint density at radius 2 is 1.62 bits per heavy atom. The number of likely N-dealkylation sites (tertiary alicyclic amines) is 1. The summed E-state index contributed by atoms with van der Waals surface area (Å²) in [7, 11) is 5.28. The second-order valence-corrected chi connectivity index (χ2v) is 7.69. The largest absolute Gasteiger partial charge is 0.507 e. The molecule has 1 fully saturated rings. The second kappa shape index (κ2) is 9.65. The molecule has 0 spiro atoms. The monoisotopic (exact) mass is 438 g/mol. The van der Waals surface area contributed by atoms with Gasteiger partial charge in [0.1, 0.15) is 17.3 Å². The Labute approximate surface area is 186 Å². The van der Waals surface area contributed by atoms with Crippen LogP contribution in [0.5, 0.6) is 11.5 Å². The highest BCUT2D eigenvalue weighted by Crippen LogP contribution is 2.39. The second-order valence-electron chi connectivity index (χ2n) is 7.69. The van der Waals surface area contributed by atoms with Crippen LogP contribution in [-0.2, 0) is 14.4 Å². The van der Waals surface area contributed by atoms with Crippen molar-refractivity contribution in [3.8, 4) is 11.5 Å². The number of carbonyl (C=O) groups excluding carboxylic acids is 3. The lowest BCUT2D eigenvalue weighted by Gasteiger charge is -2.26. The molecule has 0 saturated carbocycles. The fraction of sp³-hybridized carbons (Fsp3) is 0.292.